The largest absolute Gasteiger partial charge is 0.469 e. The molecule has 1 saturated heterocycles. The molecule has 0 spiro atoms. The summed E-state index contributed by atoms with van der Waals surface area (Å²) < 4.78 is 10.3. The fraction of sp³-hybridized carbons (Fsp3) is 0.529. The molecule has 5 nitrogen and oxygen atoms in total. The molecule has 1 amide bonds. The van der Waals surface area contributed by atoms with E-state index in [0.717, 1.165) is 5.56 Å². The molecule has 1 aliphatic rings. The summed E-state index contributed by atoms with van der Waals surface area (Å²) in [6, 6.07) is 7.31. The zero-order chi connectivity index (χ0) is 17.2. The summed E-state index contributed by atoms with van der Waals surface area (Å²) in [5.41, 5.74) is 0.381. The van der Waals surface area contributed by atoms with Gasteiger partial charge in [0.2, 0.25) is 0 Å². The van der Waals surface area contributed by atoms with Gasteiger partial charge in [0, 0.05) is 24.0 Å². The number of benzene rings is 1. The minimum absolute atomic E-state index is 0.132. The molecule has 2 rings (SSSR count). The highest BCUT2D eigenvalue weighted by molar-refractivity contribution is 6.30. The number of ether oxygens (including phenoxy) is 2. The summed E-state index contributed by atoms with van der Waals surface area (Å²) in [6.45, 7) is 6.14. The van der Waals surface area contributed by atoms with E-state index in [1.165, 1.54) is 7.11 Å². The van der Waals surface area contributed by atoms with Gasteiger partial charge in [0.25, 0.3) is 0 Å². The highest BCUT2D eigenvalue weighted by Crippen LogP contribution is 2.34. The number of amides is 1. The Balaban J connectivity index is 2.20. The van der Waals surface area contributed by atoms with Crippen LogP contribution in [0.4, 0.5) is 4.79 Å². The fourth-order valence-electron chi connectivity index (χ4n) is 2.72. The van der Waals surface area contributed by atoms with Crippen LogP contribution in [0.5, 0.6) is 0 Å². The first-order valence-corrected chi connectivity index (χ1v) is 7.90. The van der Waals surface area contributed by atoms with Crippen molar-refractivity contribution in [2.75, 3.05) is 20.2 Å². The molecule has 0 aromatic heterocycles. The van der Waals surface area contributed by atoms with E-state index in [0.29, 0.717) is 11.6 Å². The third-order valence-corrected chi connectivity index (χ3v) is 4.03. The SMILES string of the molecule is COC(=O)[C@H]1CN(C(=O)OC(C)(C)C)C[C@@H]1c1ccc(Cl)cc1. The molecule has 6 heteroatoms. The highest BCUT2D eigenvalue weighted by atomic mass is 35.5. The topological polar surface area (TPSA) is 55.8 Å². The second-order valence-electron chi connectivity index (χ2n) is 6.67. The van der Waals surface area contributed by atoms with Crippen LogP contribution in [0, 0.1) is 5.92 Å². The Morgan fingerprint density at radius 3 is 2.30 bits per heavy atom. The van der Waals surface area contributed by atoms with E-state index in [1.54, 1.807) is 17.0 Å². The molecule has 1 heterocycles. The lowest BCUT2D eigenvalue weighted by Crippen LogP contribution is -2.36. The predicted octanol–water partition coefficient (Wildman–Crippen LogP) is 3.46. The summed E-state index contributed by atoms with van der Waals surface area (Å²) in [5, 5.41) is 0.630. The van der Waals surface area contributed by atoms with Crippen LogP contribution in [0.25, 0.3) is 0 Å². The predicted molar refractivity (Wildman–Crippen MR) is 87.5 cm³/mol. The monoisotopic (exact) mass is 339 g/mol. The number of nitrogens with zero attached hydrogens (tertiary/aromatic N) is 1. The first-order chi connectivity index (χ1) is 10.7. The lowest BCUT2D eigenvalue weighted by atomic mass is 9.89. The Morgan fingerprint density at radius 2 is 1.78 bits per heavy atom. The van der Waals surface area contributed by atoms with Gasteiger partial charge in [-0.15, -0.1) is 0 Å². The Labute approximate surface area is 141 Å². The van der Waals surface area contributed by atoms with E-state index in [9.17, 15) is 9.59 Å². The van der Waals surface area contributed by atoms with Crippen molar-refractivity contribution < 1.29 is 19.1 Å². The molecule has 0 radical (unpaired) electrons. The van der Waals surface area contributed by atoms with E-state index in [4.69, 9.17) is 21.1 Å². The molecule has 0 N–H and O–H groups in total. The summed E-state index contributed by atoms with van der Waals surface area (Å²) in [5.74, 6) is -0.864. The zero-order valence-corrected chi connectivity index (χ0v) is 14.6. The summed E-state index contributed by atoms with van der Waals surface area (Å²) in [7, 11) is 1.36. The van der Waals surface area contributed by atoms with Gasteiger partial charge in [0.1, 0.15) is 5.60 Å². The number of methoxy groups -OCH3 is 1. The van der Waals surface area contributed by atoms with Crippen molar-refractivity contribution in [3.05, 3.63) is 34.9 Å². The molecule has 2 atom stereocenters. The third-order valence-electron chi connectivity index (χ3n) is 3.77. The molecule has 126 valence electrons. The van der Waals surface area contributed by atoms with Gasteiger partial charge in [-0.05, 0) is 38.5 Å². The van der Waals surface area contributed by atoms with Crippen molar-refractivity contribution in [2.24, 2.45) is 5.92 Å². The van der Waals surface area contributed by atoms with Crippen molar-refractivity contribution in [2.45, 2.75) is 32.3 Å². The lowest BCUT2D eigenvalue weighted by Gasteiger charge is -2.24. The first-order valence-electron chi connectivity index (χ1n) is 7.52. The van der Waals surface area contributed by atoms with Crippen LogP contribution < -0.4 is 0 Å². The van der Waals surface area contributed by atoms with Gasteiger partial charge in [0.05, 0.1) is 13.0 Å². The van der Waals surface area contributed by atoms with E-state index in [1.807, 2.05) is 32.9 Å². The molecular formula is C17H22ClNO4. The van der Waals surface area contributed by atoms with Crippen LogP contribution in [0.3, 0.4) is 0 Å². The van der Waals surface area contributed by atoms with Gasteiger partial charge >= 0.3 is 12.1 Å². The number of likely N-dealkylation sites (tertiary alicyclic amines) is 1. The second kappa shape index (κ2) is 6.79. The normalized spacial score (nSPS) is 21.2. The first kappa shape index (κ1) is 17.6. The van der Waals surface area contributed by atoms with Gasteiger partial charge < -0.3 is 14.4 Å². The molecule has 1 aliphatic heterocycles. The van der Waals surface area contributed by atoms with Gasteiger partial charge in [-0.2, -0.15) is 0 Å². The Hall–Kier alpha value is -1.75. The number of hydrogen-bond donors (Lipinski definition) is 0. The quantitative estimate of drug-likeness (QED) is 0.774. The smallest absolute Gasteiger partial charge is 0.410 e. The zero-order valence-electron chi connectivity index (χ0n) is 13.8. The maximum absolute atomic E-state index is 12.3. The number of carbonyl (C=O) groups is 2. The van der Waals surface area contributed by atoms with Crippen LogP contribution in [0.15, 0.2) is 24.3 Å². The number of rotatable bonds is 2. The van der Waals surface area contributed by atoms with Crippen molar-refractivity contribution in [3.63, 3.8) is 0 Å². The average molecular weight is 340 g/mol. The van der Waals surface area contributed by atoms with Crippen LogP contribution in [0.1, 0.15) is 32.3 Å². The Bertz CT molecular complexity index is 579. The van der Waals surface area contributed by atoms with Crippen LogP contribution in [-0.2, 0) is 14.3 Å². The standard InChI is InChI=1S/C17H22ClNO4/c1-17(2,3)23-16(21)19-9-13(14(10-19)15(20)22-4)11-5-7-12(18)8-6-11/h5-8,13-14H,9-10H2,1-4H3/t13-,14+/m1/s1. The minimum atomic E-state index is -0.573. The average Bonchev–Trinajstić information content (AvgIpc) is 2.91. The summed E-state index contributed by atoms with van der Waals surface area (Å²) in [6.07, 6.45) is -0.414. The maximum Gasteiger partial charge on any atom is 0.410 e. The molecular weight excluding hydrogens is 318 g/mol. The number of carbonyl (C=O) groups excluding carboxylic acids is 2. The van der Waals surface area contributed by atoms with E-state index in [-0.39, 0.29) is 18.4 Å². The molecule has 1 aromatic rings. The second-order valence-corrected chi connectivity index (χ2v) is 7.11. The van der Waals surface area contributed by atoms with Crippen molar-refractivity contribution in [1.82, 2.24) is 4.90 Å². The van der Waals surface area contributed by atoms with Crippen molar-refractivity contribution >= 4 is 23.7 Å². The van der Waals surface area contributed by atoms with Gasteiger partial charge in [-0.25, -0.2) is 4.79 Å². The molecule has 0 saturated carbocycles. The van der Waals surface area contributed by atoms with E-state index >= 15 is 0 Å². The molecule has 0 unspecified atom stereocenters. The molecule has 1 fully saturated rings. The molecule has 0 aliphatic carbocycles. The molecule has 23 heavy (non-hydrogen) atoms. The van der Waals surface area contributed by atoms with E-state index < -0.39 is 17.6 Å². The van der Waals surface area contributed by atoms with Crippen molar-refractivity contribution in [1.29, 1.82) is 0 Å². The molecule has 1 aromatic carbocycles. The Kier molecular flexibility index (Phi) is 5.19. The summed E-state index contributed by atoms with van der Waals surface area (Å²) in [4.78, 5) is 25.9. The number of halogens is 1. The van der Waals surface area contributed by atoms with Crippen LogP contribution >= 0.6 is 11.6 Å². The highest BCUT2D eigenvalue weighted by Gasteiger charge is 2.42. The number of hydrogen-bond acceptors (Lipinski definition) is 4. The maximum atomic E-state index is 12.3. The fourth-order valence-corrected chi connectivity index (χ4v) is 2.84. The van der Waals surface area contributed by atoms with Crippen LogP contribution in [0.2, 0.25) is 5.02 Å². The van der Waals surface area contributed by atoms with Gasteiger partial charge in [0.15, 0.2) is 0 Å². The lowest BCUT2D eigenvalue weighted by molar-refractivity contribution is -0.145. The Morgan fingerprint density at radius 1 is 1.17 bits per heavy atom. The van der Waals surface area contributed by atoms with Gasteiger partial charge in [-0.1, -0.05) is 23.7 Å². The third kappa shape index (κ3) is 4.38. The number of esters is 1. The molecule has 0 bridgehead atoms. The van der Waals surface area contributed by atoms with Crippen LogP contribution in [-0.4, -0.2) is 42.8 Å². The summed E-state index contributed by atoms with van der Waals surface area (Å²) >= 11 is 5.92. The minimum Gasteiger partial charge on any atom is -0.469 e. The van der Waals surface area contributed by atoms with E-state index in [2.05, 4.69) is 0 Å². The van der Waals surface area contributed by atoms with Crippen molar-refractivity contribution in [3.8, 4) is 0 Å². The van der Waals surface area contributed by atoms with Gasteiger partial charge in [-0.3, -0.25) is 4.79 Å².